The molecule has 2 bridgehead atoms. The van der Waals surface area contributed by atoms with Crippen LogP contribution in [0.15, 0.2) is 102 Å². The summed E-state index contributed by atoms with van der Waals surface area (Å²) in [5.41, 5.74) is 3.27. The molecule has 5 N–H and O–H groups in total. The molecule has 3 atom stereocenters. The summed E-state index contributed by atoms with van der Waals surface area (Å²) in [6.07, 6.45) is 1.99. The number of esters is 1. The SMILES string of the molecule is O=C(N[C@@H](c1ccccc1)c1cccc(OCc2cc(Cl)cc(C(=O)OCCCCNC[C@H](O)c3ccc(O)c4[nH]c(=O)ccc34)c2)c1)O[C@H]1CN2CCC1CC2. The summed E-state index contributed by atoms with van der Waals surface area (Å²) in [5.74, 6) is 0.425. The minimum atomic E-state index is -0.861. The maximum absolute atomic E-state index is 13.2. The number of hydrogen-bond donors (Lipinski definition) is 5. The number of H-pyrrole nitrogens is 1. The predicted octanol–water partition coefficient (Wildman–Crippen LogP) is 6.64. The number of amides is 1. The average molecular weight is 795 g/mol. The molecule has 3 aliphatic heterocycles. The summed E-state index contributed by atoms with van der Waals surface area (Å²) < 4.78 is 17.7. The van der Waals surface area contributed by atoms with Crippen molar-refractivity contribution in [3.63, 3.8) is 0 Å². The van der Waals surface area contributed by atoms with Crippen LogP contribution in [0.1, 0.15) is 70.4 Å². The van der Waals surface area contributed by atoms with Crippen LogP contribution in [0.2, 0.25) is 5.02 Å². The number of aliphatic hydroxyl groups excluding tert-OH is 1. The smallest absolute Gasteiger partial charge is 0.408 e. The summed E-state index contributed by atoms with van der Waals surface area (Å²) in [6, 6.07) is 27.8. The first-order valence-corrected chi connectivity index (χ1v) is 19.8. The van der Waals surface area contributed by atoms with Crippen molar-refractivity contribution in [2.75, 3.05) is 39.3 Å². The molecule has 1 amide bonds. The summed E-state index contributed by atoms with van der Waals surface area (Å²) in [7, 11) is 0. The molecule has 57 heavy (non-hydrogen) atoms. The van der Waals surface area contributed by atoms with Gasteiger partial charge in [0.1, 0.15) is 24.2 Å². The molecule has 0 aliphatic carbocycles. The van der Waals surface area contributed by atoms with Crippen LogP contribution >= 0.6 is 11.6 Å². The van der Waals surface area contributed by atoms with Crippen molar-refractivity contribution < 1.29 is 34.0 Å². The molecule has 4 aromatic carbocycles. The van der Waals surface area contributed by atoms with Crippen LogP contribution in [0, 0.1) is 5.92 Å². The number of phenols is 1. The monoisotopic (exact) mass is 794 g/mol. The number of carbonyl (C=O) groups is 2. The fraction of sp³-hybridized carbons (Fsp3) is 0.341. The maximum Gasteiger partial charge on any atom is 0.408 e. The molecule has 3 aliphatic rings. The van der Waals surface area contributed by atoms with Crippen molar-refractivity contribution in [3.05, 3.63) is 140 Å². The maximum atomic E-state index is 13.2. The number of aromatic hydroxyl groups is 1. The van der Waals surface area contributed by atoms with E-state index in [0.717, 1.165) is 43.6 Å². The molecule has 12 nitrogen and oxygen atoms in total. The van der Waals surface area contributed by atoms with Gasteiger partial charge in [-0.1, -0.05) is 60.1 Å². The minimum Gasteiger partial charge on any atom is -0.506 e. The largest absolute Gasteiger partial charge is 0.506 e. The van der Waals surface area contributed by atoms with Gasteiger partial charge in [0.2, 0.25) is 5.56 Å². The quantitative estimate of drug-likeness (QED) is 0.0541. The Hall–Kier alpha value is -5.40. The van der Waals surface area contributed by atoms with Gasteiger partial charge in [0.15, 0.2) is 0 Å². The molecule has 0 spiro atoms. The molecule has 3 saturated heterocycles. The Labute approximate surface area is 335 Å². The molecule has 298 valence electrons. The fourth-order valence-electron chi connectivity index (χ4n) is 7.64. The molecule has 8 rings (SSSR count). The second kappa shape index (κ2) is 18.7. The van der Waals surface area contributed by atoms with E-state index < -0.39 is 24.2 Å². The Morgan fingerprint density at radius 2 is 1.74 bits per heavy atom. The third-order valence-electron chi connectivity index (χ3n) is 10.6. The number of aromatic amines is 1. The highest BCUT2D eigenvalue weighted by atomic mass is 35.5. The van der Waals surface area contributed by atoms with Gasteiger partial charge in [-0.05, 0) is 116 Å². The zero-order valence-electron chi connectivity index (χ0n) is 31.5. The number of alkyl carbamates (subject to hydrolysis) is 1. The Kier molecular flexibility index (Phi) is 13.1. The van der Waals surface area contributed by atoms with Gasteiger partial charge in [-0.3, -0.25) is 9.69 Å². The van der Waals surface area contributed by atoms with E-state index in [0.29, 0.717) is 58.2 Å². The Bertz CT molecular complexity index is 2230. The van der Waals surface area contributed by atoms with Crippen LogP contribution in [0.3, 0.4) is 0 Å². The van der Waals surface area contributed by atoms with Crippen molar-refractivity contribution in [1.29, 1.82) is 0 Å². The van der Waals surface area contributed by atoms with Gasteiger partial charge in [0.05, 0.1) is 29.8 Å². The molecule has 13 heteroatoms. The van der Waals surface area contributed by atoms with E-state index in [2.05, 4.69) is 20.5 Å². The second-order valence-corrected chi connectivity index (χ2v) is 15.1. The molecule has 0 radical (unpaired) electrons. The highest BCUT2D eigenvalue weighted by Gasteiger charge is 2.37. The number of fused-ring (bicyclic) bond motifs is 4. The first kappa shape index (κ1) is 39.8. The topological polar surface area (TPSA) is 162 Å². The van der Waals surface area contributed by atoms with Gasteiger partial charge in [0, 0.05) is 29.6 Å². The minimum absolute atomic E-state index is 0.0630. The normalized spacial score (nSPS) is 18.5. The average Bonchev–Trinajstić information content (AvgIpc) is 3.22. The number of carbonyl (C=O) groups excluding carboxylic acids is 2. The Balaban J connectivity index is 0.883. The number of nitrogens with one attached hydrogen (secondary N) is 3. The standard InChI is InChI=1S/C44H47ClN4O8/c45-33-22-28(21-32(23-33)43(53)55-20-5-4-17-46-25-38(51)35-11-13-37(50)42-36(35)12-14-40(52)47-42)27-56-34-10-6-9-31(24-34)41(30-7-2-1-3-8-30)48-44(54)57-39-26-49-18-15-29(39)16-19-49/h1-3,6-14,21-24,29,38-39,41,46,50-51H,4-5,15-20,25-27H2,(H,47,52)(H,48,54)/t38-,39-,41-/m0/s1. The van der Waals surface area contributed by atoms with E-state index in [-0.39, 0.29) is 42.7 Å². The number of aliphatic hydroxyl groups is 1. The van der Waals surface area contributed by atoms with Crippen LogP contribution in [-0.4, -0.2) is 77.6 Å². The van der Waals surface area contributed by atoms with Crippen molar-refractivity contribution in [2.24, 2.45) is 5.92 Å². The van der Waals surface area contributed by atoms with Crippen molar-refractivity contribution in [2.45, 2.75) is 50.5 Å². The zero-order valence-corrected chi connectivity index (χ0v) is 32.3. The fourth-order valence-corrected chi connectivity index (χ4v) is 7.90. The molecule has 3 fully saturated rings. The lowest BCUT2D eigenvalue weighted by molar-refractivity contribution is -0.0336. The van der Waals surface area contributed by atoms with Gasteiger partial charge in [0.25, 0.3) is 0 Å². The summed E-state index contributed by atoms with van der Waals surface area (Å²) in [5, 5.41) is 28.1. The van der Waals surface area contributed by atoms with Gasteiger partial charge >= 0.3 is 12.1 Å². The van der Waals surface area contributed by atoms with E-state index in [1.54, 1.807) is 30.3 Å². The van der Waals surface area contributed by atoms with E-state index >= 15 is 0 Å². The number of hydrogen-bond acceptors (Lipinski definition) is 10. The summed E-state index contributed by atoms with van der Waals surface area (Å²) in [4.78, 5) is 42.8. The molecule has 4 heterocycles. The van der Waals surface area contributed by atoms with E-state index in [9.17, 15) is 24.6 Å². The molecule has 0 saturated carbocycles. The van der Waals surface area contributed by atoms with E-state index in [1.807, 2.05) is 54.6 Å². The van der Waals surface area contributed by atoms with E-state index in [4.69, 9.17) is 25.8 Å². The van der Waals surface area contributed by atoms with Gasteiger partial charge in [-0.15, -0.1) is 0 Å². The number of halogens is 1. The number of aromatic nitrogens is 1. The molecular formula is C44H47ClN4O8. The van der Waals surface area contributed by atoms with Gasteiger partial charge in [-0.2, -0.15) is 0 Å². The number of benzene rings is 4. The summed E-state index contributed by atoms with van der Waals surface area (Å²) >= 11 is 6.41. The Morgan fingerprint density at radius 3 is 2.53 bits per heavy atom. The molecular weight excluding hydrogens is 748 g/mol. The summed E-state index contributed by atoms with van der Waals surface area (Å²) in [6.45, 7) is 4.09. The number of phenolic OH excluding ortho intramolecular Hbond substituents is 1. The van der Waals surface area contributed by atoms with Crippen molar-refractivity contribution in [3.8, 4) is 11.5 Å². The number of pyridine rings is 1. The third-order valence-corrected chi connectivity index (χ3v) is 10.8. The lowest BCUT2D eigenvalue weighted by Crippen LogP contribution is -2.52. The van der Waals surface area contributed by atoms with Crippen LogP contribution in [0.5, 0.6) is 11.5 Å². The predicted molar refractivity (Wildman–Crippen MR) is 217 cm³/mol. The highest BCUT2D eigenvalue weighted by molar-refractivity contribution is 6.31. The lowest BCUT2D eigenvalue weighted by Gasteiger charge is -2.43. The first-order valence-electron chi connectivity index (χ1n) is 19.4. The molecule has 5 aromatic rings. The number of piperidine rings is 3. The second-order valence-electron chi connectivity index (χ2n) is 14.6. The molecule has 0 unspecified atom stereocenters. The number of nitrogens with zero attached hydrogens (tertiary/aromatic N) is 1. The molecule has 1 aromatic heterocycles. The van der Waals surface area contributed by atoms with Crippen LogP contribution in [-0.2, 0) is 16.1 Å². The lowest BCUT2D eigenvalue weighted by atomic mass is 9.86. The van der Waals surface area contributed by atoms with Crippen molar-refractivity contribution >= 4 is 34.6 Å². The third kappa shape index (κ3) is 10.3. The number of ether oxygens (including phenoxy) is 3. The van der Waals surface area contributed by atoms with Gasteiger partial charge < -0.3 is 40.0 Å². The highest BCUT2D eigenvalue weighted by Crippen LogP contribution is 2.32. The Morgan fingerprint density at radius 1 is 0.930 bits per heavy atom. The van der Waals surface area contributed by atoms with E-state index in [1.165, 1.54) is 12.1 Å². The zero-order chi connectivity index (χ0) is 39.7. The number of unbranched alkanes of at least 4 members (excludes halogenated alkanes) is 1. The number of rotatable bonds is 16. The van der Waals surface area contributed by atoms with Crippen molar-refractivity contribution in [1.82, 2.24) is 20.5 Å². The first-order chi connectivity index (χ1) is 27.7. The van der Waals surface area contributed by atoms with Gasteiger partial charge in [-0.25, -0.2) is 9.59 Å². The van der Waals surface area contributed by atoms with Crippen LogP contribution < -0.4 is 20.9 Å². The van der Waals surface area contributed by atoms with Crippen LogP contribution in [0.25, 0.3) is 10.9 Å². The van der Waals surface area contributed by atoms with Crippen LogP contribution in [0.4, 0.5) is 4.79 Å².